The number of halogens is 4. The Morgan fingerprint density at radius 1 is 1.15 bits per heavy atom. The monoisotopic (exact) mass is 464 g/mol. The van der Waals surface area contributed by atoms with Gasteiger partial charge in [0, 0.05) is 34.6 Å². The van der Waals surface area contributed by atoms with E-state index >= 15 is 0 Å². The Balaban J connectivity index is 2.30. The molecular weight excluding hydrogens is 442 g/mol. The average Bonchev–Trinajstić information content (AvgIpc) is 3.02. The van der Waals surface area contributed by atoms with E-state index in [1.54, 1.807) is 6.92 Å². The molecule has 1 unspecified atom stereocenters. The molecule has 3 aromatic rings. The number of alkyl halides is 3. The molecule has 1 heterocycles. The lowest BCUT2D eigenvalue weighted by Gasteiger charge is -2.25. The number of ether oxygens (including phenoxy) is 1. The van der Waals surface area contributed by atoms with Crippen LogP contribution in [-0.4, -0.2) is 23.6 Å². The van der Waals surface area contributed by atoms with Crippen molar-refractivity contribution in [2.24, 2.45) is 5.92 Å². The molecule has 0 saturated heterocycles. The first-order valence-electron chi connectivity index (χ1n) is 10.2. The highest BCUT2D eigenvalue weighted by Gasteiger charge is 2.32. The third-order valence-electron chi connectivity index (χ3n) is 5.97. The number of hydrogen-bond acceptors (Lipinski definition) is 4. The van der Waals surface area contributed by atoms with Crippen LogP contribution in [0.5, 0.6) is 5.75 Å². The first-order chi connectivity index (χ1) is 15.4. The largest absolute Gasteiger partial charge is 0.549 e. The molecule has 0 spiro atoms. The van der Waals surface area contributed by atoms with Crippen molar-refractivity contribution in [3.8, 4) is 5.75 Å². The number of carboxylic acid groups (broad SMARTS) is 1. The summed E-state index contributed by atoms with van der Waals surface area (Å²) in [5.74, 6) is -4.45. The van der Waals surface area contributed by atoms with Gasteiger partial charge in [0.05, 0.1) is 18.2 Å². The number of carbonyl (C=O) groups is 2. The van der Waals surface area contributed by atoms with Gasteiger partial charge < -0.3 is 14.6 Å². The Bertz CT molecular complexity index is 1210. The molecule has 0 bridgehead atoms. The summed E-state index contributed by atoms with van der Waals surface area (Å²) in [6.07, 6.45) is -4.07. The van der Waals surface area contributed by atoms with Crippen molar-refractivity contribution in [1.29, 1.82) is 0 Å². The second kappa shape index (κ2) is 8.88. The van der Waals surface area contributed by atoms with E-state index in [4.69, 9.17) is 4.74 Å². The lowest BCUT2D eigenvalue weighted by Crippen LogP contribution is -2.33. The van der Waals surface area contributed by atoms with E-state index in [9.17, 15) is 32.3 Å². The van der Waals surface area contributed by atoms with Gasteiger partial charge in [-0.2, -0.15) is 13.2 Å². The van der Waals surface area contributed by atoms with Crippen LogP contribution < -0.4 is 9.84 Å². The fourth-order valence-corrected chi connectivity index (χ4v) is 4.05. The molecule has 2 atom stereocenters. The topological polar surface area (TPSA) is 71.4 Å². The molecule has 0 amide bonds. The standard InChI is InChI=1S/C24H23F4NO4/c1-5-12(2)20(23(31)32)21-13(3)29(18-11-17(25)19(33-4)10-16(18)21)22(30)14-6-8-15(9-7-14)24(26,27)28/h6-12,20H,5H2,1-4H3,(H,31,32)/p-1/t12?,20-/m1/s1. The second-order valence-corrected chi connectivity index (χ2v) is 7.90. The molecule has 3 rings (SSSR count). The zero-order valence-corrected chi connectivity index (χ0v) is 18.4. The number of aliphatic carboxylic acids is 1. The van der Waals surface area contributed by atoms with E-state index in [1.165, 1.54) is 20.1 Å². The molecule has 0 radical (unpaired) electrons. The minimum Gasteiger partial charge on any atom is -0.549 e. The molecule has 0 aliphatic rings. The predicted octanol–water partition coefficient (Wildman–Crippen LogP) is 4.68. The summed E-state index contributed by atoms with van der Waals surface area (Å²) in [5, 5.41) is 12.4. The Morgan fingerprint density at radius 3 is 2.24 bits per heavy atom. The maximum Gasteiger partial charge on any atom is 0.416 e. The van der Waals surface area contributed by atoms with Crippen LogP contribution in [0.3, 0.4) is 0 Å². The molecule has 5 nitrogen and oxygen atoms in total. The van der Waals surface area contributed by atoms with E-state index in [1.807, 2.05) is 6.92 Å². The van der Waals surface area contributed by atoms with E-state index in [0.29, 0.717) is 11.8 Å². The van der Waals surface area contributed by atoms with Gasteiger partial charge >= 0.3 is 6.18 Å². The molecule has 0 fully saturated rings. The van der Waals surface area contributed by atoms with E-state index < -0.39 is 35.4 Å². The lowest BCUT2D eigenvalue weighted by molar-refractivity contribution is -0.309. The molecule has 176 valence electrons. The number of carboxylic acids is 1. The Hall–Kier alpha value is -3.36. The van der Waals surface area contributed by atoms with Crippen molar-refractivity contribution in [2.75, 3.05) is 7.11 Å². The van der Waals surface area contributed by atoms with Gasteiger partial charge in [-0.05, 0) is 48.7 Å². The molecule has 2 aromatic carbocycles. The van der Waals surface area contributed by atoms with Crippen LogP contribution in [0.2, 0.25) is 0 Å². The van der Waals surface area contributed by atoms with Crippen molar-refractivity contribution in [2.45, 2.75) is 39.3 Å². The van der Waals surface area contributed by atoms with E-state index in [-0.39, 0.29) is 34.0 Å². The number of aromatic nitrogens is 1. The number of rotatable bonds is 6. The third kappa shape index (κ3) is 4.31. The number of benzene rings is 2. The van der Waals surface area contributed by atoms with Gasteiger partial charge in [-0.15, -0.1) is 0 Å². The molecule has 1 aromatic heterocycles. The quantitative estimate of drug-likeness (QED) is 0.497. The Morgan fingerprint density at radius 2 is 1.76 bits per heavy atom. The Kier molecular flexibility index (Phi) is 6.53. The number of nitrogens with zero attached hydrogens (tertiary/aromatic N) is 1. The van der Waals surface area contributed by atoms with Crippen LogP contribution >= 0.6 is 0 Å². The van der Waals surface area contributed by atoms with Crippen LogP contribution in [0, 0.1) is 18.7 Å². The van der Waals surface area contributed by atoms with E-state index in [0.717, 1.165) is 34.9 Å². The zero-order chi connectivity index (χ0) is 24.7. The molecule has 9 heteroatoms. The van der Waals surface area contributed by atoms with Gasteiger partial charge in [-0.3, -0.25) is 9.36 Å². The van der Waals surface area contributed by atoms with Gasteiger partial charge in [0.1, 0.15) is 0 Å². The smallest absolute Gasteiger partial charge is 0.416 e. The average molecular weight is 464 g/mol. The van der Waals surface area contributed by atoms with E-state index in [2.05, 4.69) is 0 Å². The molecule has 0 N–H and O–H groups in total. The Labute approximate surface area is 187 Å². The molecule has 0 saturated carbocycles. The van der Waals surface area contributed by atoms with Crippen molar-refractivity contribution in [1.82, 2.24) is 4.57 Å². The van der Waals surface area contributed by atoms with Crippen LogP contribution in [-0.2, 0) is 11.0 Å². The van der Waals surface area contributed by atoms with Crippen LogP contribution in [0.25, 0.3) is 10.9 Å². The van der Waals surface area contributed by atoms with Crippen LogP contribution in [0.4, 0.5) is 17.6 Å². The summed E-state index contributed by atoms with van der Waals surface area (Å²) in [6.45, 7) is 5.05. The van der Waals surface area contributed by atoms with Gasteiger partial charge in [-0.25, -0.2) is 4.39 Å². The van der Waals surface area contributed by atoms with Crippen molar-refractivity contribution < 1.29 is 37.0 Å². The predicted molar refractivity (Wildman–Crippen MR) is 112 cm³/mol. The van der Waals surface area contributed by atoms with Crippen molar-refractivity contribution in [3.63, 3.8) is 0 Å². The molecule has 0 aliphatic carbocycles. The highest BCUT2D eigenvalue weighted by molar-refractivity contribution is 6.05. The fraction of sp³-hybridized carbons (Fsp3) is 0.333. The number of carbonyl (C=O) groups excluding carboxylic acids is 2. The summed E-state index contributed by atoms with van der Waals surface area (Å²) in [6, 6.07) is 5.99. The summed E-state index contributed by atoms with van der Waals surface area (Å²) < 4.78 is 59.4. The number of hydrogen-bond donors (Lipinski definition) is 0. The minimum absolute atomic E-state index is 0.0701. The maximum absolute atomic E-state index is 14.6. The van der Waals surface area contributed by atoms with Gasteiger partial charge in [-0.1, -0.05) is 20.3 Å². The first kappa shape index (κ1) is 24.3. The zero-order valence-electron chi connectivity index (χ0n) is 18.4. The third-order valence-corrected chi connectivity index (χ3v) is 5.97. The molecular formula is C24H22F4NO4-. The normalized spacial score (nSPS) is 13.7. The highest BCUT2D eigenvalue weighted by atomic mass is 19.4. The molecule has 0 aliphatic heterocycles. The first-order valence-corrected chi connectivity index (χ1v) is 10.2. The van der Waals surface area contributed by atoms with Crippen molar-refractivity contribution >= 4 is 22.8 Å². The second-order valence-electron chi connectivity index (χ2n) is 7.90. The van der Waals surface area contributed by atoms with Gasteiger partial charge in [0.25, 0.3) is 5.91 Å². The number of methoxy groups -OCH3 is 1. The minimum atomic E-state index is -4.57. The fourth-order valence-electron chi connectivity index (χ4n) is 4.05. The number of fused-ring (bicyclic) bond motifs is 1. The van der Waals surface area contributed by atoms with Crippen molar-refractivity contribution in [3.05, 3.63) is 64.6 Å². The van der Waals surface area contributed by atoms with Crippen LogP contribution in [0.15, 0.2) is 36.4 Å². The van der Waals surface area contributed by atoms with Gasteiger partial charge in [0.15, 0.2) is 11.6 Å². The lowest BCUT2D eigenvalue weighted by atomic mass is 9.84. The van der Waals surface area contributed by atoms with Gasteiger partial charge in [0.2, 0.25) is 0 Å². The van der Waals surface area contributed by atoms with Crippen LogP contribution in [0.1, 0.15) is 53.4 Å². The maximum atomic E-state index is 14.6. The summed E-state index contributed by atoms with van der Waals surface area (Å²) in [5.41, 5.74) is -0.395. The summed E-state index contributed by atoms with van der Waals surface area (Å²) in [7, 11) is 1.26. The SMILES string of the molecule is CCC(C)[C@@H](C(=O)[O-])c1c(C)n(C(=O)c2ccc(C(F)(F)F)cc2)c2cc(F)c(OC)cc12. The molecule has 33 heavy (non-hydrogen) atoms. The highest BCUT2D eigenvalue weighted by Crippen LogP contribution is 2.39. The summed E-state index contributed by atoms with van der Waals surface area (Å²) in [4.78, 5) is 25.4. The summed E-state index contributed by atoms with van der Waals surface area (Å²) >= 11 is 0.